The van der Waals surface area contributed by atoms with Crippen LogP contribution in [0.2, 0.25) is 0 Å². The van der Waals surface area contributed by atoms with Gasteiger partial charge in [-0.2, -0.15) is 0 Å². The number of rotatable bonds is 6. The second-order valence-corrected chi connectivity index (χ2v) is 7.88. The summed E-state index contributed by atoms with van der Waals surface area (Å²) in [4.78, 5) is 24.3. The molecule has 3 aromatic carbocycles. The molecule has 4 rings (SSSR count). The maximum atomic E-state index is 12.3. The number of carbonyl (C=O) groups excluding carboxylic acids is 1. The molecule has 0 bridgehead atoms. The van der Waals surface area contributed by atoms with Gasteiger partial charge in [-0.1, -0.05) is 50.2 Å². The first-order valence-electron chi connectivity index (χ1n) is 10.3. The largest absolute Gasteiger partial charge is 0.481 e. The van der Waals surface area contributed by atoms with Crippen molar-refractivity contribution in [1.29, 1.82) is 0 Å². The predicted molar refractivity (Wildman–Crippen MR) is 121 cm³/mol. The molecule has 158 valence electrons. The van der Waals surface area contributed by atoms with Crippen LogP contribution in [0.4, 0.5) is 0 Å². The first-order valence-corrected chi connectivity index (χ1v) is 10.3. The Labute approximate surface area is 180 Å². The standard InChI is InChI=1S/C26H24O5/c1-16(2)21-13-22-19(12-25(27)31-24(22)11-17(21)3)14-30-26(28)15-29-23-10-6-8-18-7-4-5-9-20(18)23/h4-13,16H,14-15H2,1-3H3. The van der Waals surface area contributed by atoms with Gasteiger partial charge in [0.15, 0.2) is 6.61 Å². The zero-order valence-corrected chi connectivity index (χ0v) is 17.8. The van der Waals surface area contributed by atoms with E-state index in [1.54, 1.807) is 0 Å². The molecule has 5 nitrogen and oxygen atoms in total. The van der Waals surface area contributed by atoms with E-state index in [9.17, 15) is 9.59 Å². The summed E-state index contributed by atoms with van der Waals surface area (Å²) in [7, 11) is 0. The molecule has 0 fully saturated rings. The second kappa shape index (κ2) is 8.64. The van der Waals surface area contributed by atoms with E-state index in [2.05, 4.69) is 13.8 Å². The van der Waals surface area contributed by atoms with Gasteiger partial charge in [0.05, 0.1) is 0 Å². The minimum absolute atomic E-state index is 0.0274. The fourth-order valence-electron chi connectivity index (χ4n) is 3.79. The molecule has 0 aliphatic carbocycles. The van der Waals surface area contributed by atoms with Gasteiger partial charge in [0, 0.05) is 22.4 Å². The van der Waals surface area contributed by atoms with Gasteiger partial charge in [-0.15, -0.1) is 0 Å². The molecular weight excluding hydrogens is 392 g/mol. The molecule has 5 heteroatoms. The van der Waals surface area contributed by atoms with E-state index in [0.717, 1.165) is 27.3 Å². The Morgan fingerprint density at radius 2 is 1.77 bits per heavy atom. The average molecular weight is 416 g/mol. The minimum Gasteiger partial charge on any atom is -0.481 e. The number of hydrogen-bond donors (Lipinski definition) is 0. The van der Waals surface area contributed by atoms with Gasteiger partial charge in [-0.05, 0) is 47.6 Å². The highest BCUT2D eigenvalue weighted by molar-refractivity contribution is 5.88. The smallest absolute Gasteiger partial charge is 0.344 e. The number of hydrogen-bond acceptors (Lipinski definition) is 5. The highest BCUT2D eigenvalue weighted by Gasteiger charge is 2.13. The van der Waals surface area contributed by atoms with Crippen LogP contribution in [0.15, 0.2) is 69.9 Å². The maximum Gasteiger partial charge on any atom is 0.344 e. The van der Waals surface area contributed by atoms with Crippen molar-refractivity contribution in [2.75, 3.05) is 6.61 Å². The summed E-state index contributed by atoms with van der Waals surface area (Å²) in [6, 6.07) is 18.7. The summed E-state index contributed by atoms with van der Waals surface area (Å²) >= 11 is 0. The zero-order valence-electron chi connectivity index (χ0n) is 17.8. The molecule has 0 radical (unpaired) electrons. The SMILES string of the molecule is Cc1cc2oc(=O)cc(COC(=O)COc3cccc4ccccc34)c2cc1C(C)C. The van der Waals surface area contributed by atoms with Crippen LogP contribution < -0.4 is 10.4 Å². The number of esters is 1. The van der Waals surface area contributed by atoms with E-state index in [1.165, 1.54) is 6.07 Å². The van der Waals surface area contributed by atoms with Crippen molar-refractivity contribution in [2.24, 2.45) is 0 Å². The molecule has 4 aromatic rings. The van der Waals surface area contributed by atoms with E-state index in [1.807, 2.05) is 61.5 Å². The second-order valence-electron chi connectivity index (χ2n) is 7.88. The van der Waals surface area contributed by atoms with E-state index in [0.29, 0.717) is 22.8 Å². The molecule has 0 amide bonds. The molecule has 0 N–H and O–H groups in total. The molecule has 0 saturated carbocycles. The van der Waals surface area contributed by atoms with Crippen molar-refractivity contribution in [3.8, 4) is 5.75 Å². The van der Waals surface area contributed by atoms with Gasteiger partial charge < -0.3 is 13.9 Å². The van der Waals surface area contributed by atoms with Crippen molar-refractivity contribution >= 4 is 27.7 Å². The monoisotopic (exact) mass is 416 g/mol. The quantitative estimate of drug-likeness (QED) is 0.307. The van der Waals surface area contributed by atoms with Crippen molar-refractivity contribution in [3.63, 3.8) is 0 Å². The average Bonchev–Trinajstić information content (AvgIpc) is 2.75. The first-order chi connectivity index (χ1) is 14.9. The van der Waals surface area contributed by atoms with E-state index in [-0.39, 0.29) is 13.2 Å². The fourth-order valence-corrected chi connectivity index (χ4v) is 3.79. The Hall–Kier alpha value is -3.60. The Balaban J connectivity index is 1.50. The van der Waals surface area contributed by atoms with Crippen molar-refractivity contribution in [3.05, 3.63) is 87.8 Å². The Morgan fingerprint density at radius 1 is 1.00 bits per heavy atom. The Kier molecular flexibility index (Phi) is 5.76. The molecule has 1 heterocycles. The third-order valence-corrected chi connectivity index (χ3v) is 5.32. The summed E-state index contributed by atoms with van der Waals surface area (Å²) in [5, 5.41) is 2.74. The van der Waals surface area contributed by atoms with Crippen molar-refractivity contribution < 1.29 is 18.7 Å². The molecule has 0 spiro atoms. The molecule has 0 unspecified atom stereocenters. The normalized spacial score (nSPS) is 11.2. The summed E-state index contributed by atoms with van der Waals surface area (Å²) < 4.78 is 16.5. The van der Waals surface area contributed by atoms with E-state index < -0.39 is 11.6 Å². The Morgan fingerprint density at radius 3 is 2.58 bits per heavy atom. The van der Waals surface area contributed by atoms with Crippen molar-refractivity contribution in [1.82, 2.24) is 0 Å². The number of fused-ring (bicyclic) bond motifs is 2. The zero-order chi connectivity index (χ0) is 22.0. The number of carbonyl (C=O) groups is 1. The van der Waals surface area contributed by atoms with Gasteiger partial charge in [0.25, 0.3) is 0 Å². The number of benzene rings is 3. The summed E-state index contributed by atoms with van der Waals surface area (Å²) in [6.07, 6.45) is 0. The summed E-state index contributed by atoms with van der Waals surface area (Å²) in [5.41, 5.74) is 2.86. The van der Waals surface area contributed by atoms with Gasteiger partial charge in [-0.25, -0.2) is 9.59 Å². The van der Waals surface area contributed by atoms with Gasteiger partial charge in [-0.3, -0.25) is 0 Å². The molecule has 0 aliphatic heterocycles. The molecule has 31 heavy (non-hydrogen) atoms. The van der Waals surface area contributed by atoms with Crippen LogP contribution in [0.5, 0.6) is 5.75 Å². The fraction of sp³-hybridized carbons (Fsp3) is 0.231. The lowest BCUT2D eigenvalue weighted by Crippen LogP contribution is -2.15. The van der Waals surface area contributed by atoms with Crippen LogP contribution in [0, 0.1) is 6.92 Å². The Bertz CT molecular complexity index is 1310. The molecule has 0 aliphatic rings. The maximum absolute atomic E-state index is 12.3. The third kappa shape index (κ3) is 4.45. The van der Waals surface area contributed by atoms with Crippen LogP contribution in [0.1, 0.15) is 36.5 Å². The topological polar surface area (TPSA) is 65.7 Å². The lowest BCUT2D eigenvalue weighted by atomic mass is 9.95. The molecule has 0 atom stereocenters. The van der Waals surface area contributed by atoms with Crippen LogP contribution in [0.25, 0.3) is 21.7 Å². The third-order valence-electron chi connectivity index (χ3n) is 5.32. The van der Waals surface area contributed by atoms with E-state index in [4.69, 9.17) is 13.9 Å². The van der Waals surface area contributed by atoms with Crippen LogP contribution in [-0.2, 0) is 16.1 Å². The van der Waals surface area contributed by atoms with Crippen molar-refractivity contribution in [2.45, 2.75) is 33.3 Å². The molecular formula is C26H24O5. The molecule has 0 saturated heterocycles. The highest BCUT2D eigenvalue weighted by atomic mass is 16.6. The summed E-state index contributed by atoms with van der Waals surface area (Å²) in [6.45, 7) is 5.96. The highest BCUT2D eigenvalue weighted by Crippen LogP contribution is 2.27. The number of aryl methyl sites for hydroxylation is 1. The van der Waals surface area contributed by atoms with Gasteiger partial charge in [0.1, 0.15) is 17.9 Å². The minimum atomic E-state index is -0.509. The predicted octanol–water partition coefficient (Wildman–Crippen LogP) is 5.50. The number of ether oxygens (including phenoxy) is 2. The lowest BCUT2D eigenvalue weighted by Gasteiger charge is -2.13. The summed E-state index contributed by atoms with van der Waals surface area (Å²) in [5.74, 6) is 0.434. The van der Waals surface area contributed by atoms with Crippen LogP contribution >= 0.6 is 0 Å². The molecule has 1 aromatic heterocycles. The van der Waals surface area contributed by atoms with Gasteiger partial charge in [0.2, 0.25) is 0 Å². The van der Waals surface area contributed by atoms with E-state index >= 15 is 0 Å². The van der Waals surface area contributed by atoms with Crippen LogP contribution in [0.3, 0.4) is 0 Å². The van der Waals surface area contributed by atoms with Gasteiger partial charge >= 0.3 is 11.6 Å². The lowest BCUT2D eigenvalue weighted by molar-refractivity contribution is -0.147. The first kappa shape index (κ1) is 20.7. The van der Waals surface area contributed by atoms with Crippen LogP contribution in [-0.4, -0.2) is 12.6 Å².